The van der Waals surface area contributed by atoms with Crippen molar-refractivity contribution in [3.63, 3.8) is 0 Å². The van der Waals surface area contributed by atoms with Crippen LogP contribution >= 0.6 is 0 Å². The van der Waals surface area contributed by atoms with Crippen LogP contribution in [0.3, 0.4) is 0 Å². The molecule has 0 bridgehead atoms. The molecule has 2 saturated heterocycles. The van der Waals surface area contributed by atoms with Crippen LogP contribution in [0.1, 0.15) is 74.3 Å². The molecule has 0 radical (unpaired) electrons. The van der Waals surface area contributed by atoms with E-state index in [0.717, 1.165) is 47.3 Å². The fourth-order valence-corrected chi connectivity index (χ4v) is 11.4. The van der Waals surface area contributed by atoms with Crippen LogP contribution in [0, 0.1) is 5.92 Å². The molecule has 0 aromatic heterocycles. The first-order chi connectivity index (χ1) is 30.2. The lowest BCUT2D eigenvalue weighted by Gasteiger charge is -2.55. The maximum Gasteiger partial charge on any atom is 0.338 e. The van der Waals surface area contributed by atoms with Gasteiger partial charge in [0.2, 0.25) is 11.8 Å². The number of aliphatic hydroxyl groups is 1. The van der Waals surface area contributed by atoms with Gasteiger partial charge in [0.15, 0.2) is 32.4 Å². The van der Waals surface area contributed by atoms with E-state index in [0.29, 0.717) is 18.1 Å². The molecular formula is C43H66N2O18Si. The zero-order valence-corrected chi connectivity index (χ0v) is 39.6. The van der Waals surface area contributed by atoms with Crippen LogP contribution in [-0.4, -0.2) is 149 Å². The smallest absolute Gasteiger partial charge is 0.338 e. The van der Waals surface area contributed by atoms with Crippen LogP contribution in [0.5, 0.6) is 0 Å². The van der Waals surface area contributed by atoms with Crippen molar-refractivity contribution in [3.05, 3.63) is 35.9 Å². The first-order valence-corrected chi connectivity index (χ1v) is 23.9. The number of amides is 2. The van der Waals surface area contributed by atoms with Gasteiger partial charge in [-0.25, -0.2) is 4.79 Å². The third-order valence-electron chi connectivity index (χ3n) is 11.6. The number of carbonyl (C=O) groups is 7. The highest BCUT2D eigenvalue weighted by molar-refractivity contribution is 6.73. The summed E-state index contributed by atoms with van der Waals surface area (Å²) in [6.07, 6.45) is -12.4. The Labute approximate surface area is 375 Å². The summed E-state index contributed by atoms with van der Waals surface area (Å²) < 4.78 is 61.2. The Morgan fingerprint density at radius 3 is 1.88 bits per heavy atom. The summed E-state index contributed by atoms with van der Waals surface area (Å²) in [4.78, 5) is 91.1. The second-order valence-electron chi connectivity index (χ2n) is 15.9. The largest absolute Gasteiger partial charge is 0.467 e. The number of ether oxygens (including phenoxy) is 9. The molecule has 3 rings (SSSR count). The van der Waals surface area contributed by atoms with Crippen molar-refractivity contribution in [2.45, 2.75) is 160 Å². The Morgan fingerprint density at radius 2 is 1.39 bits per heavy atom. The van der Waals surface area contributed by atoms with Gasteiger partial charge in [-0.1, -0.05) is 51.1 Å². The van der Waals surface area contributed by atoms with Crippen LogP contribution in [-0.2, 0) is 87.2 Å². The predicted molar refractivity (Wildman–Crippen MR) is 226 cm³/mol. The summed E-state index contributed by atoms with van der Waals surface area (Å²) >= 11 is 0. The number of nitrogens with one attached hydrogen (secondary N) is 2. The Morgan fingerprint density at radius 1 is 0.797 bits per heavy atom. The third kappa shape index (κ3) is 13.8. The van der Waals surface area contributed by atoms with E-state index < -0.39 is 142 Å². The van der Waals surface area contributed by atoms with Gasteiger partial charge in [0.1, 0.15) is 37.1 Å². The molecule has 2 amide bonds. The minimum Gasteiger partial charge on any atom is -0.467 e. The number of aliphatic hydroxyl groups excluding tert-OH is 1. The standard InChI is InChI=1S/C43H66N2O18Si/c1-12-64(13-2,14-3)63-40-36(61-41(54-10)35(45-25(5)48)38(40)57-22-30-18-16-15-17-19-30)31(21-46)43(42(53)55-11)20-32(58-27(7)50)34(44-24(4)47)39(62-43)37(60-29(9)52)33(59-28(8)51)23-56-26(6)49/h15-19,31-41,46H,12-14,20-23H2,1-11H3,(H,44,47)(H,45,48)/t31-,32+,33-,34-,35-,36-,37-,38-,39-,40+,41+,43+/m1/s1. The van der Waals surface area contributed by atoms with E-state index in [2.05, 4.69) is 10.6 Å². The summed E-state index contributed by atoms with van der Waals surface area (Å²) in [6, 6.07) is 8.58. The number of methoxy groups -OCH3 is 2. The Kier molecular flexibility index (Phi) is 20.8. The van der Waals surface area contributed by atoms with Gasteiger partial charge in [0, 0.05) is 55.1 Å². The molecule has 21 heteroatoms. The van der Waals surface area contributed by atoms with Crippen molar-refractivity contribution in [2.75, 3.05) is 27.4 Å². The van der Waals surface area contributed by atoms with E-state index in [1.54, 1.807) is 0 Å². The second kappa shape index (κ2) is 24.7. The molecule has 2 aliphatic rings. The van der Waals surface area contributed by atoms with Crippen LogP contribution in [0.4, 0.5) is 0 Å². The molecule has 1 aromatic carbocycles. The van der Waals surface area contributed by atoms with Gasteiger partial charge in [-0.2, -0.15) is 0 Å². The number of hydrogen-bond donors (Lipinski definition) is 3. The fourth-order valence-electron chi connectivity index (χ4n) is 8.54. The minimum atomic E-state index is -2.75. The zero-order chi connectivity index (χ0) is 47.9. The molecule has 20 nitrogen and oxygen atoms in total. The SMILES string of the molecule is CC[Si](CC)(CC)O[C@@H]1[C@H](OCc2ccccc2)[C@@H](NC(C)=O)[C@@H](OC)O[C@@H]1[C@@H](CO)[C@]1(C(=O)OC)C[C@H](OC(C)=O)[C@@H](NC(C)=O)[C@H]([C@H](OC(C)=O)[C@@H](COC(C)=O)OC(C)=O)O1. The monoisotopic (exact) mass is 926 g/mol. The fraction of sp³-hybridized carbons (Fsp3) is 0.698. The highest BCUT2D eigenvalue weighted by Gasteiger charge is 2.65. The molecule has 0 saturated carbocycles. The van der Waals surface area contributed by atoms with Crippen LogP contribution < -0.4 is 10.6 Å². The van der Waals surface area contributed by atoms with Gasteiger partial charge in [0.05, 0.1) is 38.4 Å². The van der Waals surface area contributed by atoms with Gasteiger partial charge in [-0.15, -0.1) is 0 Å². The number of esters is 5. The molecule has 360 valence electrons. The maximum absolute atomic E-state index is 14.8. The van der Waals surface area contributed by atoms with E-state index in [-0.39, 0.29) is 6.61 Å². The highest BCUT2D eigenvalue weighted by Crippen LogP contribution is 2.46. The van der Waals surface area contributed by atoms with Crippen molar-refractivity contribution in [3.8, 4) is 0 Å². The Balaban J connectivity index is 2.48. The van der Waals surface area contributed by atoms with Gasteiger partial charge >= 0.3 is 29.8 Å². The molecule has 0 spiro atoms. The van der Waals surface area contributed by atoms with Crippen molar-refractivity contribution in [1.82, 2.24) is 10.6 Å². The highest BCUT2D eigenvalue weighted by atomic mass is 28.4. The number of carbonyl (C=O) groups excluding carboxylic acids is 7. The molecule has 64 heavy (non-hydrogen) atoms. The number of rotatable bonds is 22. The summed E-state index contributed by atoms with van der Waals surface area (Å²) in [5, 5.41) is 17.3. The van der Waals surface area contributed by atoms with Crippen molar-refractivity contribution in [2.24, 2.45) is 5.92 Å². The summed E-state index contributed by atoms with van der Waals surface area (Å²) in [5.41, 5.74) is -1.69. The maximum atomic E-state index is 14.8. The average molecular weight is 927 g/mol. The lowest BCUT2D eigenvalue weighted by Crippen LogP contribution is -2.74. The van der Waals surface area contributed by atoms with Crippen LogP contribution in [0.25, 0.3) is 0 Å². The Bertz CT molecular complexity index is 1740. The molecule has 2 aliphatic heterocycles. The van der Waals surface area contributed by atoms with E-state index >= 15 is 0 Å². The first-order valence-electron chi connectivity index (χ1n) is 21.3. The van der Waals surface area contributed by atoms with Gasteiger partial charge in [0.25, 0.3) is 0 Å². The van der Waals surface area contributed by atoms with Gasteiger partial charge < -0.3 is 62.8 Å². The lowest BCUT2D eigenvalue weighted by molar-refractivity contribution is -0.306. The van der Waals surface area contributed by atoms with E-state index in [1.807, 2.05) is 51.1 Å². The minimum absolute atomic E-state index is 0.0188. The van der Waals surface area contributed by atoms with E-state index in [9.17, 15) is 38.7 Å². The molecule has 2 fully saturated rings. The molecule has 2 heterocycles. The quantitative estimate of drug-likeness (QED) is 0.0854. The van der Waals surface area contributed by atoms with Crippen molar-refractivity contribution >= 4 is 50.0 Å². The van der Waals surface area contributed by atoms with Crippen molar-refractivity contribution < 1.29 is 85.7 Å². The number of benzene rings is 1. The normalized spacial score (nSPS) is 27.1. The first kappa shape index (κ1) is 53.8. The molecule has 0 unspecified atom stereocenters. The van der Waals surface area contributed by atoms with Crippen LogP contribution in [0.15, 0.2) is 30.3 Å². The summed E-state index contributed by atoms with van der Waals surface area (Å²) in [7, 11) is -0.355. The molecular weight excluding hydrogens is 861 g/mol. The van der Waals surface area contributed by atoms with Crippen LogP contribution in [0.2, 0.25) is 18.1 Å². The summed E-state index contributed by atoms with van der Waals surface area (Å²) in [5.74, 6) is -7.36. The van der Waals surface area contributed by atoms with Gasteiger partial charge in [-0.05, 0) is 23.7 Å². The second-order valence-corrected chi connectivity index (χ2v) is 20.6. The third-order valence-corrected chi connectivity index (χ3v) is 16.2. The molecule has 12 atom stereocenters. The van der Waals surface area contributed by atoms with E-state index in [4.69, 9.17) is 47.1 Å². The molecule has 1 aromatic rings. The van der Waals surface area contributed by atoms with E-state index in [1.165, 1.54) is 14.0 Å². The van der Waals surface area contributed by atoms with Crippen molar-refractivity contribution in [1.29, 1.82) is 0 Å². The predicted octanol–water partition coefficient (Wildman–Crippen LogP) is 2.01. The topological polar surface area (TPSA) is 256 Å². The Hall–Kier alpha value is -4.51. The summed E-state index contributed by atoms with van der Waals surface area (Å²) in [6.45, 7) is 11.1. The zero-order valence-electron chi connectivity index (χ0n) is 38.6. The molecule has 3 N–H and O–H groups in total. The number of hydrogen-bond acceptors (Lipinski definition) is 18. The van der Waals surface area contributed by atoms with Gasteiger partial charge in [-0.3, -0.25) is 28.8 Å². The lowest BCUT2D eigenvalue weighted by atomic mass is 9.72. The average Bonchev–Trinajstić information content (AvgIpc) is 3.24. The molecule has 0 aliphatic carbocycles.